The molecule has 5 rings (SSSR count). The summed E-state index contributed by atoms with van der Waals surface area (Å²) in [6.07, 6.45) is 9.95. The van der Waals surface area contributed by atoms with Crippen molar-refractivity contribution in [1.82, 2.24) is 29.3 Å². The van der Waals surface area contributed by atoms with Crippen LogP contribution in [-0.4, -0.2) is 66.8 Å². The van der Waals surface area contributed by atoms with Crippen LogP contribution in [0.2, 0.25) is 0 Å². The van der Waals surface area contributed by atoms with Gasteiger partial charge in [-0.15, -0.1) is 0 Å². The smallest absolute Gasteiger partial charge is 0.212 e. The zero-order valence-corrected chi connectivity index (χ0v) is 20.6. The molecule has 0 radical (unpaired) electrons. The normalized spacial score (nSPS) is 16.4. The number of hydrogen-bond donors (Lipinski definition) is 1. The van der Waals surface area contributed by atoms with Gasteiger partial charge in [-0.2, -0.15) is 15.5 Å². The Balaban J connectivity index is 1.37. The van der Waals surface area contributed by atoms with Gasteiger partial charge in [0.1, 0.15) is 18.4 Å². The molecule has 1 saturated heterocycles. The number of rotatable bonds is 8. The fourth-order valence-electron chi connectivity index (χ4n) is 4.47. The largest absolute Gasteiger partial charge is 0.489 e. The third-order valence-electron chi connectivity index (χ3n) is 6.25. The molecule has 0 unspecified atom stereocenters. The number of nitriles is 1. The Labute approximate surface area is 209 Å². The van der Waals surface area contributed by atoms with Gasteiger partial charge in [-0.05, 0) is 31.9 Å². The van der Waals surface area contributed by atoms with Gasteiger partial charge < -0.3 is 14.6 Å². The Morgan fingerprint density at radius 1 is 1.19 bits per heavy atom. The summed E-state index contributed by atoms with van der Waals surface area (Å²) in [6.45, 7) is 6.18. The fourth-order valence-corrected chi connectivity index (χ4v) is 4.47. The van der Waals surface area contributed by atoms with Gasteiger partial charge in [0.25, 0.3) is 0 Å². The van der Waals surface area contributed by atoms with Crippen molar-refractivity contribution in [1.29, 1.82) is 5.26 Å². The van der Waals surface area contributed by atoms with Gasteiger partial charge in [0.2, 0.25) is 5.88 Å². The average Bonchev–Trinajstić information content (AvgIpc) is 3.61. The van der Waals surface area contributed by atoms with Crippen LogP contribution in [-0.2, 0) is 6.54 Å². The topological polar surface area (TPSA) is 114 Å². The van der Waals surface area contributed by atoms with Crippen molar-refractivity contribution in [3.05, 3.63) is 60.3 Å². The molecule has 1 N–H and O–H groups in total. The van der Waals surface area contributed by atoms with Crippen LogP contribution in [0.4, 0.5) is 0 Å². The van der Waals surface area contributed by atoms with Crippen molar-refractivity contribution < 1.29 is 14.6 Å². The second-order valence-corrected chi connectivity index (χ2v) is 9.75. The van der Waals surface area contributed by atoms with E-state index in [2.05, 4.69) is 26.2 Å². The first-order chi connectivity index (χ1) is 17.3. The van der Waals surface area contributed by atoms with Crippen LogP contribution in [0, 0.1) is 11.3 Å². The molecule has 0 bridgehead atoms. The Kier molecular flexibility index (Phi) is 6.35. The summed E-state index contributed by atoms with van der Waals surface area (Å²) in [5, 5.41) is 28.7. The molecule has 10 heteroatoms. The second kappa shape index (κ2) is 9.60. The van der Waals surface area contributed by atoms with Gasteiger partial charge in [0.05, 0.1) is 48.4 Å². The van der Waals surface area contributed by atoms with Crippen molar-refractivity contribution >= 4 is 5.52 Å². The number of hydrogen-bond acceptors (Lipinski definition) is 8. The molecule has 1 aliphatic rings. The minimum Gasteiger partial charge on any atom is -0.489 e. The third-order valence-corrected chi connectivity index (χ3v) is 6.25. The van der Waals surface area contributed by atoms with E-state index in [1.807, 2.05) is 41.5 Å². The summed E-state index contributed by atoms with van der Waals surface area (Å²) in [7, 11) is 1.61. The molecule has 10 nitrogen and oxygen atoms in total. The summed E-state index contributed by atoms with van der Waals surface area (Å²) in [5.41, 5.74) is 3.04. The maximum atomic E-state index is 10.1. The predicted molar refractivity (Wildman–Crippen MR) is 133 cm³/mol. The average molecular weight is 488 g/mol. The highest BCUT2D eigenvalue weighted by molar-refractivity contribution is 5.84. The van der Waals surface area contributed by atoms with Crippen molar-refractivity contribution in [3.63, 3.8) is 0 Å². The standard InChI is InChI=1S/C26H29N7O3/c1-26(2,34)17-36-22-8-23(25-19(9-27)11-30-33(25)16-22)20-12-29-32(14-20)21-6-7-31(15-21)13-18-4-5-24(35-3)28-10-18/h4-5,8,10-12,14,16,21,34H,6-7,13,15,17H2,1-3H3/t21-/m0/s1. The van der Waals surface area contributed by atoms with E-state index in [0.29, 0.717) is 22.7 Å². The monoisotopic (exact) mass is 487 g/mol. The molecule has 1 fully saturated rings. The molecule has 1 atom stereocenters. The Morgan fingerprint density at radius 2 is 2.06 bits per heavy atom. The van der Waals surface area contributed by atoms with Crippen molar-refractivity contribution in [2.24, 2.45) is 0 Å². The lowest BCUT2D eigenvalue weighted by Crippen LogP contribution is -2.27. The molecular weight excluding hydrogens is 458 g/mol. The summed E-state index contributed by atoms with van der Waals surface area (Å²) in [6, 6.07) is 8.27. The number of methoxy groups -OCH3 is 1. The molecule has 0 aliphatic carbocycles. The molecule has 5 heterocycles. The fraction of sp³-hybridized carbons (Fsp3) is 0.385. The number of aromatic nitrogens is 5. The predicted octanol–water partition coefficient (Wildman–Crippen LogP) is 3.07. The van der Waals surface area contributed by atoms with E-state index in [4.69, 9.17) is 9.47 Å². The van der Waals surface area contributed by atoms with E-state index in [-0.39, 0.29) is 12.6 Å². The molecule has 0 spiro atoms. The van der Waals surface area contributed by atoms with Crippen LogP contribution in [0.25, 0.3) is 16.6 Å². The molecule has 36 heavy (non-hydrogen) atoms. The molecule has 4 aromatic heterocycles. The minimum absolute atomic E-state index is 0.130. The highest BCUT2D eigenvalue weighted by Crippen LogP contribution is 2.32. The maximum Gasteiger partial charge on any atom is 0.212 e. The summed E-state index contributed by atoms with van der Waals surface area (Å²) < 4.78 is 14.6. The van der Waals surface area contributed by atoms with E-state index in [9.17, 15) is 10.4 Å². The summed E-state index contributed by atoms with van der Waals surface area (Å²) in [4.78, 5) is 6.69. The number of nitrogens with zero attached hydrogens (tertiary/aromatic N) is 7. The van der Waals surface area contributed by atoms with Crippen LogP contribution in [0.1, 0.15) is 37.4 Å². The van der Waals surface area contributed by atoms with Crippen molar-refractivity contribution in [2.75, 3.05) is 26.8 Å². The first-order valence-electron chi connectivity index (χ1n) is 11.9. The third kappa shape index (κ3) is 5.03. The first kappa shape index (κ1) is 23.8. The summed E-state index contributed by atoms with van der Waals surface area (Å²) in [5.74, 6) is 1.17. The zero-order valence-electron chi connectivity index (χ0n) is 20.6. The number of likely N-dealkylation sites (tertiary alicyclic amines) is 1. The quantitative estimate of drug-likeness (QED) is 0.403. The van der Waals surface area contributed by atoms with Crippen LogP contribution < -0.4 is 9.47 Å². The minimum atomic E-state index is -0.974. The maximum absolute atomic E-state index is 10.1. The highest BCUT2D eigenvalue weighted by atomic mass is 16.5. The van der Waals surface area contributed by atoms with Gasteiger partial charge in [0, 0.05) is 49.2 Å². The van der Waals surface area contributed by atoms with Gasteiger partial charge in [-0.3, -0.25) is 9.58 Å². The van der Waals surface area contributed by atoms with Crippen molar-refractivity contribution in [3.8, 4) is 28.8 Å². The Hall–Kier alpha value is -3.94. The van der Waals surface area contributed by atoms with Gasteiger partial charge in [0.15, 0.2) is 0 Å². The number of fused-ring (bicyclic) bond motifs is 1. The Morgan fingerprint density at radius 3 is 2.78 bits per heavy atom. The van der Waals surface area contributed by atoms with Crippen LogP contribution in [0.3, 0.4) is 0 Å². The first-order valence-corrected chi connectivity index (χ1v) is 11.9. The van der Waals surface area contributed by atoms with E-state index in [0.717, 1.165) is 42.7 Å². The van der Waals surface area contributed by atoms with Gasteiger partial charge >= 0.3 is 0 Å². The number of aliphatic hydroxyl groups is 1. The van der Waals surface area contributed by atoms with Crippen molar-refractivity contribution in [2.45, 2.75) is 38.5 Å². The molecule has 0 aromatic carbocycles. The second-order valence-electron chi connectivity index (χ2n) is 9.75. The molecule has 186 valence electrons. The zero-order chi connectivity index (χ0) is 25.3. The van der Waals surface area contributed by atoms with Crippen LogP contribution in [0.15, 0.2) is 49.2 Å². The SMILES string of the molecule is COc1ccc(CN2CC[C@H](n3cc(-c4cc(OCC(C)(C)O)cn5ncc(C#N)c45)cn3)C2)cn1. The number of pyridine rings is 2. The lowest BCUT2D eigenvalue weighted by Gasteiger charge is -2.18. The van der Waals surface area contributed by atoms with E-state index < -0.39 is 5.60 Å². The Bertz CT molecular complexity index is 1400. The van der Waals surface area contributed by atoms with Gasteiger partial charge in [-0.1, -0.05) is 6.07 Å². The van der Waals surface area contributed by atoms with E-state index in [1.54, 1.807) is 37.9 Å². The molecule has 0 saturated carbocycles. The lowest BCUT2D eigenvalue weighted by atomic mass is 10.1. The number of ether oxygens (including phenoxy) is 2. The molecular formula is C26H29N7O3. The molecule has 4 aromatic rings. The van der Waals surface area contributed by atoms with Crippen LogP contribution in [0.5, 0.6) is 11.6 Å². The lowest BCUT2D eigenvalue weighted by molar-refractivity contribution is 0.0283. The van der Waals surface area contributed by atoms with E-state index in [1.165, 1.54) is 0 Å². The van der Waals surface area contributed by atoms with Crippen LogP contribution >= 0.6 is 0 Å². The highest BCUT2D eigenvalue weighted by Gasteiger charge is 2.25. The van der Waals surface area contributed by atoms with E-state index >= 15 is 0 Å². The molecule has 1 aliphatic heterocycles. The molecule has 0 amide bonds. The van der Waals surface area contributed by atoms with Gasteiger partial charge in [-0.25, -0.2) is 9.50 Å². The summed E-state index contributed by atoms with van der Waals surface area (Å²) >= 11 is 0.